The lowest BCUT2D eigenvalue weighted by atomic mass is 9.96. The van der Waals surface area contributed by atoms with E-state index in [9.17, 15) is 4.79 Å². The molecule has 1 aliphatic carbocycles. The maximum atomic E-state index is 11.8. The predicted molar refractivity (Wildman–Crippen MR) is 63.5 cm³/mol. The van der Waals surface area contributed by atoms with Crippen LogP contribution in [0.3, 0.4) is 0 Å². The minimum atomic E-state index is 0.0925. The van der Waals surface area contributed by atoms with Crippen LogP contribution in [-0.2, 0) is 4.79 Å². The van der Waals surface area contributed by atoms with E-state index in [1.807, 2.05) is 32.6 Å². The van der Waals surface area contributed by atoms with E-state index in [2.05, 4.69) is 6.07 Å². The topological polar surface area (TPSA) is 44.1 Å². The first-order valence-corrected chi connectivity index (χ1v) is 6.33. The molecule has 3 unspecified atom stereocenters. The minimum Gasteiger partial charge on any atom is -0.339 e. The van der Waals surface area contributed by atoms with Crippen LogP contribution >= 0.6 is 0 Å². The van der Waals surface area contributed by atoms with Crippen molar-refractivity contribution in [1.29, 1.82) is 5.26 Å². The summed E-state index contributed by atoms with van der Waals surface area (Å²) in [6, 6.07) is 2.71. The molecule has 0 aromatic heterocycles. The number of fused-ring (bicyclic) bond motifs is 2. The summed E-state index contributed by atoms with van der Waals surface area (Å²) in [6.07, 6.45) is 1.95. The number of carbonyl (C=O) groups is 1. The largest absolute Gasteiger partial charge is 0.339 e. The third-order valence-electron chi connectivity index (χ3n) is 3.48. The molecular formula is C13H22N2O. The molecule has 0 spiro atoms. The average Bonchev–Trinajstić information content (AvgIpc) is 2.89. The van der Waals surface area contributed by atoms with Crippen molar-refractivity contribution in [2.75, 3.05) is 6.54 Å². The normalized spacial score (nSPS) is 31.0. The molecule has 1 saturated heterocycles. The summed E-state index contributed by atoms with van der Waals surface area (Å²) in [5.74, 6) is 1.01. The molecule has 2 bridgehead atoms. The van der Waals surface area contributed by atoms with Gasteiger partial charge in [0, 0.05) is 18.5 Å². The van der Waals surface area contributed by atoms with Gasteiger partial charge in [-0.25, -0.2) is 0 Å². The van der Waals surface area contributed by atoms with Gasteiger partial charge >= 0.3 is 0 Å². The number of hydrogen-bond donors (Lipinski definition) is 0. The highest BCUT2D eigenvalue weighted by Crippen LogP contribution is 2.42. The van der Waals surface area contributed by atoms with Crippen LogP contribution in [-0.4, -0.2) is 23.4 Å². The molecule has 3 heteroatoms. The average molecular weight is 222 g/mol. The summed E-state index contributed by atoms with van der Waals surface area (Å²) >= 11 is 0. The number of nitrogens with zero attached hydrogens (tertiary/aromatic N) is 2. The quantitative estimate of drug-likeness (QED) is 0.684. The number of nitriles is 1. The summed E-state index contributed by atoms with van der Waals surface area (Å²) in [4.78, 5) is 13.8. The van der Waals surface area contributed by atoms with Crippen LogP contribution in [0.2, 0.25) is 0 Å². The molecule has 0 aromatic carbocycles. The third kappa shape index (κ3) is 2.21. The summed E-state index contributed by atoms with van der Waals surface area (Å²) in [7, 11) is 0. The number of rotatable bonds is 1. The van der Waals surface area contributed by atoms with Gasteiger partial charge in [-0.2, -0.15) is 5.26 Å². The van der Waals surface area contributed by atoms with Gasteiger partial charge in [0.15, 0.2) is 0 Å². The molecule has 2 fully saturated rings. The first kappa shape index (κ1) is 13.0. The van der Waals surface area contributed by atoms with Crippen molar-refractivity contribution >= 4 is 5.91 Å². The Bertz CT molecular complexity index is 293. The Hall–Kier alpha value is -1.04. The van der Waals surface area contributed by atoms with Crippen LogP contribution in [0.25, 0.3) is 0 Å². The van der Waals surface area contributed by atoms with Crippen molar-refractivity contribution < 1.29 is 4.79 Å². The molecule has 1 heterocycles. The predicted octanol–water partition coefficient (Wildman–Crippen LogP) is 2.43. The zero-order valence-corrected chi connectivity index (χ0v) is 10.7. The Morgan fingerprint density at radius 2 is 2.00 bits per heavy atom. The monoisotopic (exact) mass is 222 g/mol. The minimum absolute atomic E-state index is 0.0925. The van der Waals surface area contributed by atoms with Crippen LogP contribution < -0.4 is 0 Å². The fraction of sp³-hybridized carbons (Fsp3) is 0.846. The molecule has 3 nitrogen and oxygen atoms in total. The number of hydrogen-bond acceptors (Lipinski definition) is 2. The first-order chi connectivity index (χ1) is 7.63. The molecule has 3 atom stereocenters. The Morgan fingerprint density at radius 1 is 1.38 bits per heavy atom. The molecule has 1 aliphatic heterocycles. The molecule has 16 heavy (non-hydrogen) atoms. The molecule has 1 saturated carbocycles. The van der Waals surface area contributed by atoms with Gasteiger partial charge in [0.25, 0.3) is 0 Å². The Kier molecular flexibility index (Phi) is 4.35. The van der Waals surface area contributed by atoms with E-state index in [4.69, 9.17) is 5.26 Å². The van der Waals surface area contributed by atoms with E-state index in [1.54, 1.807) is 0 Å². The van der Waals surface area contributed by atoms with Crippen LogP contribution in [0.1, 0.15) is 40.5 Å². The lowest BCUT2D eigenvalue weighted by molar-refractivity contribution is -0.136. The maximum Gasteiger partial charge on any atom is 0.225 e. The van der Waals surface area contributed by atoms with Gasteiger partial charge in [-0.1, -0.05) is 27.7 Å². The summed E-state index contributed by atoms with van der Waals surface area (Å²) < 4.78 is 0. The van der Waals surface area contributed by atoms with E-state index in [1.165, 1.54) is 0 Å². The molecule has 1 amide bonds. The van der Waals surface area contributed by atoms with Gasteiger partial charge in [-0.05, 0) is 18.8 Å². The van der Waals surface area contributed by atoms with Crippen LogP contribution in [0.4, 0.5) is 0 Å². The maximum absolute atomic E-state index is 11.8. The smallest absolute Gasteiger partial charge is 0.225 e. The third-order valence-corrected chi connectivity index (χ3v) is 3.48. The fourth-order valence-electron chi connectivity index (χ4n) is 2.71. The number of amides is 1. The zero-order valence-electron chi connectivity index (χ0n) is 10.7. The van der Waals surface area contributed by atoms with Crippen molar-refractivity contribution in [2.24, 2.45) is 17.8 Å². The molecule has 2 rings (SSSR count). The molecule has 0 aromatic rings. The van der Waals surface area contributed by atoms with E-state index < -0.39 is 0 Å². The van der Waals surface area contributed by atoms with Gasteiger partial charge in [0.2, 0.25) is 5.91 Å². The first-order valence-electron chi connectivity index (χ1n) is 6.33. The van der Waals surface area contributed by atoms with Crippen molar-refractivity contribution in [2.45, 2.75) is 46.6 Å². The van der Waals surface area contributed by atoms with Crippen LogP contribution in [0.5, 0.6) is 0 Å². The van der Waals surface area contributed by atoms with E-state index in [-0.39, 0.29) is 17.7 Å². The highest BCUT2D eigenvalue weighted by Gasteiger charge is 2.46. The number of carbonyl (C=O) groups excluding carboxylic acids is 1. The number of piperidine rings is 1. The van der Waals surface area contributed by atoms with E-state index in [0.29, 0.717) is 12.0 Å². The lowest BCUT2D eigenvalue weighted by Crippen LogP contribution is -2.41. The van der Waals surface area contributed by atoms with Gasteiger partial charge < -0.3 is 4.90 Å². The van der Waals surface area contributed by atoms with Crippen LogP contribution in [0, 0.1) is 29.1 Å². The fourth-order valence-corrected chi connectivity index (χ4v) is 2.71. The summed E-state index contributed by atoms with van der Waals surface area (Å²) in [5, 5.41) is 8.87. The van der Waals surface area contributed by atoms with Crippen molar-refractivity contribution in [3.8, 4) is 6.07 Å². The Labute approximate surface area is 98.4 Å². The van der Waals surface area contributed by atoms with Crippen molar-refractivity contribution in [3.63, 3.8) is 0 Å². The second-order valence-corrected chi connectivity index (χ2v) is 4.77. The van der Waals surface area contributed by atoms with Crippen LogP contribution in [0.15, 0.2) is 0 Å². The standard InChI is InChI=1S/C11H16N2O.C2H6/c1-7(2)11(14)13-6-9-4-10(13)3-8(9)5-12;1-2/h7-10H,3-4,6H2,1-2H3;1-2H3. The highest BCUT2D eigenvalue weighted by atomic mass is 16.2. The van der Waals surface area contributed by atoms with Gasteiger partial charge in [0.1, 0.15) is 0 Å². The Morgan fingerprint density at radius 3 is 2.38 bits per heavy atom. The van der Waals surface area contributed by atoms with Gasteiger partial charge in [0.05, 0.1) is 12.0 Å². The van der Waals surface area contributed by atoms with E-state index >= 15 is 0 Å². The second-order valence-electron chi connectivity index (χ2n) is 4.77. The summed E-state index contributed by atoms with van der Waals surface area (Å²) in [6.45, 7) is 8.70. The molecular weight excluding hydrogens is 200 g/mol. The SMILES string of the molecule is CC.CC(C)C(=O)N1CC2CC1CC2C#N. The molecule has 90 valence electrons. The lowest BCUT2D eigenvalue weighted by Gasteiger charge is -2.30. The van der Waals surface area contributed by atoms with Crippen molar-refractivity contribution in [1.82, 2.24) is 4.90 Å². The van der Waals surface area contributed by atoms with Gasteiger partial charge in [-0.15, -0.1) is 0 Å². The summed E-state index contributed by atoms with van der Waals surface area (Å²) in [5.41, 5.74) is 0. The number of likely N-dealkylation sites (tertiary alicyclic amines) is 1. The van der Waals surface area contributed by atoms with Crippen molar-refractivity contribution in [3.05, 3.63) is 0 Å². The molecule has 0 N–H and O–H groups in total. The zero-order chi connectivity index (χ0) is 12.3. The second kappa shape index (κ2) is 5.34. The van der Waals surface area contributed by atoms with E-state index in [0.717, 1.165) is 19.4 Å². The molecule has 0 radical (unpaired) electrons. The molecule has 2 aliphatic rings. The highest BCUT2D eigenvalue weighted by molar-refractivity contribution is 5.79. The Balaban J connectivity index is 0.000000606. The van der Waals surface area contributed by atoms with Gasteiger partial charge in [-0.3, -0.25) is 4.79 Å².